The number of ether oxygens (including phenoxy) is 1. The molecule has 1 fully saturated rings. The van der Waals surface area contributed by atoms with Crippen molar-refractivity contribution in [3.63, 3.8) is 0 Å². The van der Waals surface area contributed by atoms with Crippen molar-refractivity contribution in [1.82, 2.24) is 5.32 Å². The fraction of sp³-hybridized carbons (Fsp3) is 0.500. The molecule has 1 aliphatic heterocycles. The van der Waals surface area contributed by atoms with Crippen LogP contribution in [0.2, 0.25) is 5.02 Å². The van der Waals surface area contributed by atoms with Crippen LogP contribution in [-0.4, -0.2) is 33.1 Å². The summed E-state index contributed by atoms with van der Waals surface area (Å²) < 4.78 is 27.9. The summed E-state index contributed by atoms with van der Waals surface area (Å²) in [6.07, 6.45) is 0.672. The number of rotatable bonds is 4. The minimum atomic E-state index is -2.84. The van der Waals surface area contributed by atoms with E-state index in [4.69, 9.17) is 16.3 Å². The Bertz CT molecular complexity index is 534. The molecule has 1 heterocycles. The second-order valence-electron chi connectivity index (χ2n) is 4.44. The van der Waals surface area contributed by atoms with Gasteiger partial charge in [0.1, 0.15) is 5.75 Å². The first kappa shape index (κ1) is 16.6. The zero-order valence-electron chi connectivity index (χ0n) is 10.6. The molecule has 1 aliphatic rings. The molecule has 0 saturated carbocycles. The smallest absolute Gasteiger partial charge is 0.151 e. The molecule has 19 heavy (non-hydrogen) atoms. The van der Waals surface area contributed by atoms with Crippen LogP contribution >= 0.6 is 24.0 Å². The SMILES string of the molecule is COc1ccc(Cl)cc1CNC1CCS(=O)(=O)C1.Cl. The van der Waals surface area contributed by atoms with Gasteiger partial charge in [0.15, 0.2) is 9.84 Å². The summed E-state index contributed by atoms with van der Waals surface area (Å²) in [5.41, 5.74) is 0.939. The van der Waals surface area contributed by atoms with E-state index >= 15 is 0 Å². The summed E-state index contributed by atoms with van der Waals surface area (Å²) in [5, 5.41) is 3.88. The van der Waals surface area contributed by atoms with E-state index in [9.17, 15) is 8.42 Å². The van der Waals surface area contributed by atoms with Crippen molar-refractivity contribution in [2.24, 2.45) is 0 Å². The third-order valence-electron chi connectivity index (χ3n) is 3.06. The highest BCUT2D eigenvalue weighted by atomic mass is 35.5. The van der Waals surface area contributed by atoms with Crippen molar-refractivity contribution >= 4 is 33.8 Å². The molecule has 1 aromatic carbocycles. The first-order valence-corrected chi connectivity index (χ1v) is 7.96. The molecule has 1 N–H and O–H groups in total. The fourth-order valence-electron chi connectivity index (χ4n) is 2.10. The molecule has 108 valence electrons. The van der Waals surface area contributed by atoms with Gasteiger partial charge in [-0.1, -0.05) is 11.6 Å². The number of hydrogen-bond acceptors (Lipinski definition) is 4. The predicted octanol–water partition coefficient (Wildman–Crippen LogP) is 2.05. The van der Waals surface area contributed by atoms with Gasteiger partial charge in [-0.15, -0.1) is 12.4 Å². The van der Waals surface area contributed by atoms with E-state index in [1.807, 2.05) is 12.1 Å². The lowest BCUT2D eigenvalue weighted by atomic mass is 10.2. The first-order chi connectivity index (χ1) is 8.50. The molecule has 1 unspecified atom stereocenters. The van der Waals surface area contributed by atoms with Gasteiger partial charge >= 0.3 is 0 Å². The number of methoxy groups -OCH3 is 1. The lowest BCUT2D eigenvalue weighted by Gasteiger charge is -2.13. The van der Waals surface area contributed by atoms with E-state index in [2.05, 4.69) is 5.32 Å². The van der Waals surface area contributed by atoms with Crippen molar-refractivity contribution in [1.29, 1.82) is 0 Å². The van der Waals surface area contributed by atoms with Gasteiger partial charge in [-0.25, -0.2) is 8.42 Å². The second-order valence-corrected chi connectivity index (χ2v) is 7.10. The molecule has 0 aromatic heterocycles. The van der Waals surface area contributed by atoms with Crippen LogP contribution in [0.3, 0.4) is 0 Å². The Kier molecular flexibility index (Phi) is 5.92. The lowest BCUT2D eigenvalue weighted by molar-refractivity contribution is 0.406. The van der Waals surface area contributed by atoms with Crippen LogP contribution < -0.4 is 10.1 Å². The van der Waals surface area contributed by atoms with Gasteiger partial charge in [0.2, 0.25) is 0 Å². The summed E-state index contributed by atoms with van der Waals surface area (Å²) in [6, 6.07) is 5.43. The maximum absolute atomic E-state index is 11.3. The van der Waals surface area contributed by atoms with E-state index in [0.29, 0.717) is 18.0 Å². The Labute approximate surface area is 124 Å². The van der Waals surface area contributed by atoms with E-state index in [1.54, 1.807) is 13.2 Å². The van der Waals surface area contributed by atoms with Gasteiger partial charge in [-0.3, -0.25) is 0 Å². The second kappa shape index (κ2) is 6.79. The average Bonchev–Trinajstić information content (AvgIpc) is 2.66. The number of benzene rings is 1. The maximum Gasteiger partial charge on any atom is 0.151 e. The summed E-state index contributed by atoms with van der Waals surface area (Å²) in [5.74, 6) is 1.25. The number of sulfone groups is 1. The zero-order chi connectivity index (χ0) is 13.2. The summed E-state index contributed by atoms with van der Waals surface area (Å²) in [4.78, 5) is 0. The molecule has 0 spiro atoms. The number of hydrogen-bond donors (Lipinski definition) is 1. The number of halogens is 2. The minimum Gasteiger partial charge on any atom is -0.496 e. The van der Waals surface area contributed by atoms with Crippen molar-refractivity contribution < 1.29 is 13.2 Å². The molecule has 4 nitrogen and oxygen atoms in total. The third-order valence-corrected chi connectivity index (χ3v) is 5.06. The van der Waals surface area contributed by atoms with E-state index in [1.165, 1.54) is 0 Å². The molecule has 0 aliphatic carbocycles. The van der Waals surface area contributed by atoms with Gasteiger partial charge in [0, 0.05) is 23.2 Å². The predicted molar refractivity (Wildman–Crippen MR) is 79.2 cm³/mol. The van der Waals surface area contributed by atoms with Gasteiger partial charge in [0.25, 0.3) is 0 Å². The van der Waals surface area contributed by atoms with Gasteiger partial charge in [0.05, 0.1) is 18.6 Å². The minimum absolute atomic E-state index is 0. The molecule has 7 heteroatoms. The van der Waals surface area contributed by atoms with Crippen LogP contribution in [0.25, 0.3) is 0 Å². The summed E-state index contributed by atoms with van der Waals surface area (Å²) in [6.45, 7) is 0.559. The van der Waals surface area contributed by atoms with Gasteiger partial charge < -0.3 is 10.1 Å². The highest BCUT2D eigenvalue weighted by molar-refractivity contribution is 7.91. The fourth-order valence-corrected chi connectivity index (χ4v) is 4.00. The first-order valence-electron chi connectivity index (χ1n) is 5.76. The molecule has 1 aromatic rings. The molecular weight excluding hydrogens is 309 g/mol. The topological polar surface area (TPSA) is 55.4 Å². The molecule has 0 amide bonds. The van der Waals surface area contributed by atoms with Crippen LogP contribution in [0.1, 0.15) is 12.0 Å². The molecule has 0 radical (unpaired) electrons. The normalized spacial score (nSPS) is 20.8. The standard InChI is InChI=1S/C12H16ClNO3S.ClH/c1-17-12-3-2-10(13)6-9(12)7-14-11-4-5-18(15,16)8-11;/h2-3,6,11,14H,4-5,7-8H2,1H3;1H. The van der Waals surface area contributed by atoms with Crippen molar-refractivity contribution in [2.75, 3.05) is 18.6 Å². The molecular formula is C12H17Cl2NO3S. The molecule has 2 rings (SSSR count). The molecule has 1 saturated heterocycles. The van der Waals surface area contributed by atoms with Crippen molar-refractivity contribution in [3.8, 4) is 5.75 Å². The Hall–Kier alpha value is -0.490. The Morgan fingerprint density at radius 3 is 2.79 bits per heavy atom. The van der Waals surface area contributed by atoms with Gasteiger partial charge in [-0.05, 0) is 24.6 Å². The van der Waals surface area contributed by atoms with E-state index in [0.717, 1.165) is 11.3 Å². The molecule has 1 atom stereocenters. The quantitative estimate of drug-likeness (QED) is 0.920. The third kappa shape index (κ3) is 4.53. The Balaban J connectivity index is 0.00000180. The highest BCUT2D eigenvalue weighted by Crippen LogP contribution is 2.23. The summed E-state index contributed by atoms with van der Waals surface area (Å²) >= 11 is 5.94. The largest absolute Gasteiger partial charge is 0.496 e. The highest BCUT2D eigenvalue weighted by Gasteiger charge is 2.27. The van der Waals surface area contributed by atoms with Crippen LogP contribution in [-0.2, 0) is 16.4 Å². The lowest BCUT2D eigenvalue weighted by Crippen LogP contribution is -2.29. The van der Waals surface area contributed by atoms with Crippen LogP contribution in [0.5, 0.6) is 5.75 Å². The van der Waals surface area contributed by atoms with E-state index < -0.39 is 9.84 Å². The average molecular weight is 326 g/mol. The van der Waals surface area contributed by atoms with Crippen molar-refractivity contribution in [3.05, 3.63) is 28.8 Å². The van der Waals surface area contributed by atoms with Crippen LogP contribution in [0.15, 0.2) is 18.2 Å². The Morgan fingerprint density at radius 2 is 2.21 bits per heavy atom. The van der Waals surface area contributed by atoms with Crippen LogP contribution in [0.4, 0.5) is 0 Å². The van der Waals surface area contributed by atoms with Gasteiger partial charge in [-0.2, -0.15) is 0 Å². The molecule has 0 bridgehead atoms. The van der Waals surface area contributed by atoms with Crippen molar-refractivity contribution in [2.45, 2.75) is 19.0 Å². The maximum atomic E-state index is 11.3. The van der Waals surface area contributed by atoms with Crippen LogP contribution in [0, 0.1) is 0 Å². The zero-order valence-corrected chi connectivity index (χ0v) is 12.9. The summed E-state index contributed by atoms with van der Waals surface area (Å²) in [7, 11) is -1.24. The van der Waals surface area contributed by atoms with E-state index in [-0.39, 0.29) is 30.0 Å². The monoisotopic (exact) mass is 325 g/mol. The Morgan fingerprint density at radius 1 is 1.47 bits per heavy atom. The number of nitrogens with one attached hydrogen (secondary N) is 1.